The number of carboxylic acid groups (broad SMARTS) is 1. The summed E-state index contributed by atoms with van der Waals surface area (Å²) in [5, 5.41) is 24.5. The fourth-order valence-electron chi connectivity index (χ4n) is 4.43. The van der Waals surface area contributed by atoms with Gasteiger partial charge in [0.25, 0.3) is 0 Å². The quantitative estimate of drug-likeness (QED) is 0.252. The molecule has 224 valence electrons. The number of thiazole rings is 1. The normalized spacial score (nSPS) is 17.7. The first kappa shape index (κ1) is 32.1. The molecule has 0 spiro atoms. The van der Waals surface area contributed by atoms with Gasteiger partial charge in [-0.3, -0.25) is 14.4 Å². The van der Waals surface area contributed by atoms with Crippen molar-refractivity contribution in [3.8, 4) is 10.4 Å². The lowest BCUT2D eigenvalue weighted by Gasteiger charge is -2.35. The summed E-state index contributed by atoms with van der Waals surface area (Å²) in [7, 11) is 0. The fraction of sp³-hybridized carbons (Fsp3) is 0.536. The number of β-amino-alcohol motifs (C(OH)–C–C–N with tert-alkyl or cyclic N) is 1. The summed E-state index contributed by atoms with van der Waals surface area (Å²) in [4.78, 5) is 56.5. The topological polar surface area (TPSA) is 167 Å². The van der Waals surface area contributed by atoms with Crippen molar-refractivity contribution in [3.63, 3.8) is 0 Å². The van der Waals surface area contributed by atoms with Crippen LogP contribution in [0, 0.1) is 12.3 Å². The number of benzene rings is 1. The maximum absolute atomic E-state index is 13.6. The van der Waals surface area contributed by atoms with Gasteiger partial charge < -0.3 is 35.2 Å². The number of amides is 3. The van der Waals surface area contributed by atoms with Crippen LogP contribution in [0.15, 0.2) is 29.8 Å². The molecular formula is C28H38N4O8S. The molecule has 2 heterocycles. The van der Waals surface area contributed by atoms with E-state index >= 15 is 0 Å². The van der Waals surface area contributed by atoms with Crippen molar-refractivity contribution in [2.45, 2.75) is 58.8 Å². The first-order valence-corrected chi connectivity index (χ1v) is 14.2. The number of ether oxygens (including phenoxy) is 2. The fourth-order valence-corrected chi connectivity index (χ4v) is 5.24. The molecule has 3 rings (SSSR count). The molecule has 1 saturated heterocycles. The van der Waals surface area contributed by atoms with Gasteiger partial charge in [0.05, 0.1) is 35.4 Å². The molecule has 0 saturated carbocycles. The first-order chi connectivity index (χ1) is 19.4. The van der Waals surface area contributed by atoms with Gasteiger partial charge in [0, 0.05) is 19.5 Å². The van der Waals surface area contributed by atoms with Crippen LogP contribution in [0.1, 0.15) is 38.4 Å². The van der Waals surface area contributed by atoms with Gasteiger partial charge in [0.15, 0.2) is 0 Å². The summed E-state index contributed by atoms with van der Waals surface area (Å²) in [6, 6.07) is 5.92. The smallest absolute Gasteiger partial charge is 0.329 e. The van der Waals surface area contributed by atoms with Gasteiger partial charge in [-0.15, -0.1) is 11.3 Å². The van der Waals surface area contributed by atoms with Crippen LogP contribution in [-0.4, -0.2) is 94.9 Å². The van der Waals surface area contributed by atoms with Crippen LogP contribution in [0.25, 0.3) is 10.4 Å². The van der Waals surface area contributed by atoms with Gasteiger partial charge in [-0.1, -0.05) is 45.0 Å². The molecule has 0 radical (unpaired) electrons. The van der Waals surface area contributed by atoms with Crippen LogP contribution in [0.3, 0.4) is 0 Å². The minimum absolute atomic E-state index is 0.000400. The maximum Gasteiger partial charge on any atom is 0.329 e. The predicted molar refractivity (Wildman–Crippen MR) is 151 cm³/mol. The zero-order chi connectivity index (χ0) is 30.2. The Hall–Kier alpha value is -3.39. The Labute approximate surface area is 243 Å². The number of aromatic nitrogens is 1. The predicted octanol–water partition coefficient (Wildman–Crippen LogP) is 1.35. The van der Waals surface area contributed by atoms with Crippen molar-refractivity contribution in [2.24, 2.45) is 5.41 Å². The van der Waals surface area contributed by atoms with Crippen LogP contribution >= 0.6 is 11.3 Å². The summed E-state index contributed by atoms with van der Waals surface area (Å²) in [6.07, 6.45) is -0.784. The summed E-state index contributed by atoms with van der Waals surface area (Å²) in [6.45, 7) is 6.72. The van der Waals surface area contributed by atoms with Gasteiger partial charge in [0.2, 0.25) is 17.7 Å². The number of hydrogen-bond acceptors (Lipinski definition) is 9. The average Bonchev–Trinajstić information content (AvgIpc) is 3.52. The van der Waals surface area contributed by atoms with Crippen molar-refractivity contribution >= 4 is 35.0 Å². The van der Waals surface area contributed by atoms with Gasteiger partial charge in [-0.2, -0.15) is 0 Å². The van der Waals surface area contributed by atoms with Gasteiger partial charge in [-0.05, 0) is 23.5 Å². The molecule has 3 amide bonds. The zero-order valence-corrected chi connectivity index (χ0v) is 24.5. The lowest BCUT2D eigenvalue weighted by atomic mass is 9.85. The number of aliphatic carboxylic acids is 1. The molecule has 4 N–H and O–H groups in total. The third-order valence-corrected chi connectivity index (χ3v) is 7.52. The Morgan fingerprint density at radius 1 is 1.12 bits per heavy atom. The van der Waals surface area contributed by atoms with Crippen molar-refractivity contribution in [2.75, 3.05) is 33.0 Å². The molecule has 1 aliphatic rings. The number of hydrogen-bond donors (Lipinski definition) is 4. The highest BCUT2D eigenvalue weighted by Gasteiger charge is 2.44. The van der Waals surface area contributed by atoms with E-state index < -0.39 is 48.0 Å². The van der Waals surface area contributed by atoms with Gasteiger partial charge in [-0.25, -0.2) is 9.78 Å². The summed E-state index contributed by atoms with van der Waals surface area (Å²) in [5.41, 5.74) is 3.98. The van der Waals surface area contributed by atoms with E-state index in [4.69, 9.17) is 14.6 Å². The highest BCUT2D eigenvalue weighted by Crippen LogP contribution is 2.28. The molecule has 0 aliphatic carbocycles. The highest BCUT2D eigenvalue weighted by molar-refractivity contribution is 7.13. The number of aliphatic hydroxyl groups is 1. The number of nitrogens with one attached hydrogen (secondary N) is 2. The Kier molecular flexibility index (Phi) is 11.4. The molecule has 1 fully saturated rings. The second kappa shape index (κ2) is 14.5. The number of nitrogens with zero attached hydrogens (tertiary/aromatic N) is 2. The average molecular weight is 591 g/mol. The van der Waals surface area contributed by atoms with Gasteiger partial charge in [0.1, 0.15) is 25.3 Å². The number of aryl methyl sites for hydroxylation is 1. The first-order valence-electron chi connectivity index (χ1n) is 13.3. The van der Waals surface area contributed by atoms with E-state index in [1.807, 2.05) is 31.2 Å². The molecule has 1 aliphatic heterocycles. The molecule has 1 unspecified atom stereocenters. The van der Waals surface area contributed by atoms with E-state index in [1.165, 1.54) is 4.90 Å². The van der Waals surface area contributed by atoms with Crippen LogP contribution in [0.5, 0.6) is 0 Å². The van der Waals surface area contributed by atoms with Crippen molar-refractivity contribution < 1.29 is 38.9 Å². The summed E-state index contributed by atoms with van der Waals surface area (Å²) in [5.74, 6) is -2.52. The molecular weight excluding hydrogens is 552 g/mol. The molecule has 1 aromatic carbocycles. The highest BCUT2D eigenvalue weighted by atomic mass is 32.1. The summed E-state index contributed by atoms with van der Waals surface area (Å²) >= 11 is 1.56. The number of carbonyl (C=O) groups excluding carboxylic acids is 3. The lowest BCUT2D eigenvalue weighted by molar-refractivity contribution is -0.145. The van der Waals surface area contributed by atoms with Crippen molar-refractivity contribution in [3.05, 3.63) is 41.0 Å². The largest absolute Gasteiger partial charge is 0.480 e. The van der Waals surface area contributed by atoms with Crippen LogP contribution in [0.4, 0.5) is 0 Å². The minimum Gasteiger partial charge on any atom is -0.480 e. The maximum atomic E-state index is 13.6. The number of likely N-dealkylation sites (tertiary alicyclic amines) is 1. The number of aliphatic hydroxyl groups excluding tert-OH is 1. The van der Waals surface area contributed by atoms with Crippen LogP contribution < -0.4 is 10.6 Å². The Morgan fingerprint density at radius 2 is 1.78 bits per heavy atom. The lowest BCUT2D eigenvalue weighted by Crippen LogP contribution is -2.58. The molecule has 13 heteroatoms. The molecule has 12 nitrogen and oxygen atoms in total. The second-order valence-electron chi connectivity index (χ2n) is 10.9. The molecule has 3 atom stereocenters. The van der Waals surface area contributed by atoms with Crippen LogP contribution in [0.2, 0.25) is 0 Å². The van der Waals surface area contributed by atoms with E-state index in [0.717, 1.165) is 21.7 Å². The Morgan fingerprint density at radius 3 is 2.37 bits per heavy atom. The zero-order valence-electron chi connectivity index (χ0n) is 23.7. The Balaban J connectivity index is 1.58. The monoisotopic (exact) mass is 590 g/mol. The number of rotatable bonds is 13. The SMILES string of the molecule is Cc1ncsc1-c1ccc(CNC(=O)C2C[C@@H](O)CN2C(=O)[C@@H](NC(=O)COCCOCC(=O)O)C(C)(C)C)cc1. The van der Waals surface area contributed by atoms with E-state index in [9.17, 15) is 24.3 Å². The van der Waals surface area contributed by atoms with Gasteiger partial charge >= 0.3 is 5.97 Å². The van der Waals surface area contributed by atoms with E-state index in [2.05, 4.69) is 15.6 Å². The van der Waals surface area contributed by atoms with E-state index in [1.54, 1.807) is 37.6 Å². The summed E-state index contributed by atoms with van der Waals surface area (Å²) < 4.78 is 10.1. The third-order valence-electron chi connectivity index (χ3n) is 6.54. The Bertz CT molecular complexity index is 1210. The molecule has 2 aromatic rings. The van der Waals surface area contributed by atoms with Crippen molar-refractivity contribution in [1.82, 2.24) is 20.5 Å². The third kappa shape index (κ3) is 9.32. The second-order valence-corrected chi connectivity index (χ2v) is 11.8. The van der Waals surface area contributed by atoms with E-state index in [0.29, 0.717) is 0 Å². The molecule has 41 heavy (non-hydrogen) atoms. The van der Waals surface area contributed by atoms with Crippen LogP contribution in [-0.2, 0) is 35.2 Å². The number of carbonyl (C=O) groups is 4. The molecule has 1 aromatic heterocycles. The van der Waals surface area contributed by atoms with Crippen molar-refractivity contribution in [1.29, 1.82) is 0 Å². The molecule has 0 bridgehead atoms. The standard InChI is InChI=1S/C28H38N4O8S/c1-17-24(41-16-30-17)19-7-5-18(6-8-19)12-29-26(37)21-11-20(33)13-32(21)27(38)25(28(2,3)4)31-22(34)14-39-9-10-40-15-23(35)36/h5-8,16,20-21,25,33H,9-15H2,1-4H3,(H,29,37)(H,31,34)(H,35,36)/t20-,21?,25-/m1/s1. The minimum atomic E-state index is -1.11. The van der Waals surface area contributed by atoms with E-state index in [-0.39, 0.29) is 45.2 Å². The number of carboxylic acids is 1.